The van der Waals surface area contributed by atoms with Crippen LogP contribution in [0.2, 0.25) is 0 Å². The molecule has 1 amide bonds. The van der Waals surface area contributed by atoms with Crippen molar-refractivity contribution in [3.8, 4) is 22.6 Å². The van der Waals surface area contributed by atoms with Crippen LogP contribution in [-0.2, 0) is 14.8 Å². The van der Waals surface area contributed by atoms with E-state index in [-0.39, 0.29) is 35.6 Å². The summed E-state index contributed by atoms with van der Waals surface area (Å²) in [6.07, 6.45) is -0.0789. The SMILES string of the molecule is CCC(=O)N(C)C[C@H]1Oc2cc(-c3ccccc3OC)ccc2S(=O)(=O)N([C@@H](C)CO)C[C@@H]1C. The Hall–Kier alpha value is -2.62. The molecule has 3 atom stereocenters. The molecule has 2 aromatic rings. The summed E-state index contributed by atoms with van der Waals surface area (Å²) < 4.78 is 40.4. The predicted octanol–water partition coefficient (Wildman–Crippen LogP) is 3.00. The number of aliphatic hydroxyl groups is 1. The highest BCUT2D eigenvalue weighted by Crippen LogP contribution is 2.38. The maximum Gasteiger partial charge on any atom is 0.247 e. The first-order valence-electron chi connectivity index (χ1n) is 11.4. The summed E-state index contributed by atoms with van der Waals surface area (Å²) in [7, 11) is -0.635. The van der Waals surface area contributed by atoms with Gasteiger partial charge in [0.1, 0.15) is 22.5 Å². The van der Waals surface area contributed by atoms with Crippen molar-refractivity contribution in [1.29, 1.82) is 0 Å². The van der Waals surface area contributed by atoms with Crippen LogP contribution in [0.1, 0.15) is 27.2 Å². The molecule has 34 heavy (non-hydrogen) atoms. The third kappa shape index (κ3) is 5.21. The fourth-order valence-electron chi connectivity index (χ4n) is 4.14. The summed E-state index contributed by atoms with van der Waals surface area (Å²) in [5.41, 5.74) is 1.55. The molecule has 0 saturated heterocycles. The van der Waals surface area contributed by atoms with Crippen molar-refractivity contribution in [2.24, 2.45) is 5.92 Å². The van der Waals surface area contributed by atoms with Crippen molar-refractivity contribution in [3.05, 3.63) is 42.5 Å². The molecule has 0 aliphatic carbocycles. The fourth-order valence-corrected chi connectivity index (χ4v) is 5.96. The van der Waals surface area contributed by atoms with Crippen LogP contribution in [0.5, 0.6) is 11.5 Å². The zero-order chi connectivity index (χ0) is 25.0. The van der Waals surface area contributed by atoms with Crippen LogP contribution in [0.15, 0.2) is 47.4 Å². The van der Waals surface area contributed by atoms with E-state index in [1.807, 2.05) is 31.2 Å². The van der Waals surface area contributed by atoms with Crippen LogP contribution in [0.4, 0.5) is 0 Å². The third-order valence-corrected chi connectivity index (χ3v) is 8.29. The van der Waals surface area contributed by atoms with Gasteiger partial charge in [0.05, 0.1) is 20.3 Å². The van der Waals surface area contributed by atoms with Crippen molar-refractivity contribution >= 4 is 15.9 Å². The van der Waals surface area contributed by atoms with Crippen molar-refractivity contribution < 1.29 is 27.8 Å². The Morgan fingerprint density at radius 3 is 2.65 bits per heavy atom. The van der Waals surface area contributed by atoms with E-state index in [9.17, 15) is 18.3 Å². The van der Waals surface area contributed by atoms with Crippen LogP contribution >= 0.6 is 0 Å². The number of carbonyl (C=O) groups is 1. The number of aliphatic hydroxyl groups excluding tert-OH is 1. The molecular formula is C25H34N2O6S. The van der Waals surface area contributed by atoms with Crippen LogP contribution in [0.3, 0.4) is 0 Å². The number of carbonyl (C=O) groups excluding carboxylic acids is 1. The van der Waals surface area contributed by atoms with E-state index in [1.54, 1.807) is 45.0 Å². The van der Waals surface area contributed by atoms with Gasteiger partial charge in [-0.25, -0.2) is 8.42 Å². The first-order valence-corrected chi connectivity index (χ1v) is 12.9. The molecule has 0 aromatic heterocycles. The highest BCUT2D eigenvalue weighted by atomic mass is 32.2. The molecule has 0 radical (unpaired) electrons. The molecule has 0 spiro atoms. The van der Waals surface area contributed by atoms with E-state index in [0.717, 1.165) is 11.1 Å². The Balaban J connectivity index is 2.15. The van der Waals surface area contributed by atoms with Gasteiger partial charge in [-0.1, -0.05) is 38.1 Å². The Morgan fingerprint density at radius 2 is 2.00 bits per heavy atom. The van der Waals surface area contributed by atoms with Crippen LogP contribution < -0.4 is 9.47 Å². The van der Waals surface area contributed by atoms with E-state index in [0.29, 0.717) is 18.7 Å². The van der Waals surface area contributed by atoms with Gasteiger partial charge in [0, 0.05) is 37.5 Å². The Labute approximate surface area is 202 Å². The molecule has 9 heteroatoms. The van der Waals surface area contributed by atoms with Gasteiger partial charge >= 0.3 is 0 Å². The number of methoxy groups -OCH3 is 1. The Bertz CT molecular complexity index is 1120. The molecule has 3 rings (SSSR count). The summed E-state index contributed by atoms with van der Waals surface area (Å²) in [4.78, 5) is 13.9. The lowest BCUT2D eigenvalue weighted by Gasteiger charge is -2.37. The van der Waals surface area contributed by atoms with E-state index >= 15 is 0 Å². The molecule has 0 bridgehead atoms. The van der Waals surface area contributed by atoms with Gasteiger partial charge in [-0.3, -0.25) is 4.79 Å². The molecule has 8 nitrogen and oxygen atoms in total. The van der Waals surface area contributed by atoms with Crippen LogP contribution in [0.25, 0.3) is 11.1 Å². The second-order valence-corrected chi connectivity index (χ2v) is 10.6. The molecule has 0 unspecified atom stereocenters. The highest BCUT2D eigenvalue weighted by Gasteiger charge is 2.38. The van der Waals surface area contributed by atoms with Gasteiger partial charge in [0.2, 0.25) is 15.9 Å². The minimum absolute atomic E-state index is 0.0194. The van der Waals surface area contributed by atoms with Crippen molar-refractivity contribution in [1.82, 2.24) is 9.21 Å². The zero-order valence-electron chi connectivity index (χ0n) is 20.4. The van der Waals surface area contributed by atoms with Gasteiger partial charge in [0.25, 0.3) is 0 Å². The van der Waals surface area contributed by atoms with Gasteiger partial charge in [0.15, 0.2) is 0 Å². The summed E-state index contributed by atoms with van der Waals surface area (Å²) in [5, 5.41) is 9.78. The molecular weight excluding hydrogens is 456 g/mol. The van der Waals surface area contributed by atoms with Gasteiger partial charge in [-0.15, -0.1) is 0 Å². The number of likely N-dealkylation sites (N-methyl/N-ethyl adjacent to an activating group) is 1. The standard InChI is InChI=1S/C25H34N2O6S/c1-6-25(29)26(4)15-23-17(2)14-27(18(3)16-28)34(30,31)24-12-11-19(13-22(24)33-23)20-9-7-8-10-21(20)32-5/h7-13,17-18,23,28H,6,14-16H2,1-5H3/t17-,18-,23+/m0/s1. The molecule has 2 aromatic carbocycles. The normalized spacial score (nSPS) is 20.9. The Kier molecular flexibility index (Phi) is 8.22. The number of nitrogens with zero attached hydrogens (tertiary/aromatic N) is 2. The quantitative estimate of drug-likeness (QED) is 0.641. The number of rotatable bonds is 7. The number of hydrogen-bond donors (Lipinski definition) is 1. The van der Waals surface area contributed by atoms with Crippen molar-refractivity contribution in [2.75, 3.05) is 33.9 Å². The summed E-state index contributed by atoms with van der Waals surface area (Å²) >= 11 is 0. The highest BCUT2D eigenvalue weighted by molar-refractivity contribution is 7.89. The lowest BCUT2D eigenvalue weighted by Crippen LogP contribution is -2.50. The number of hydrogen-bond acceptors (Lipinski definition) is 6. The topological polar surface area (TPSA) is 96.4 Å². The first kappa shape index (κ1) is 26.0. The van der Waals surface area contributed by atoms with Gasteiger partial charge < -0.3 is 19.5 Å². The first-order chi connectivity index (χ1) is 16.1. The van der Waals surface area contributed by atoms with E-state index in [1.165, 1.54) is 10.4 Å². The molecule has 1 heterocycles. The van der Waals surface area contributed by atoms with Crippen LogP contribution in [0, 0.1) is 5.92 Å². The molecule has 0 saturated carbocycles. The minimum atomic E-state index is -3.94. The molecule has 1 N–H and O–H groups in total. The minimum Gasteiger partial charge on any atom is -0.496 e. The number of ether oxygens (including phenoxy) is 2. The summed E-state index contributed by atoms with van der Waals surface area (Å²) in [6, 6.07) is 11.8. The average Bonchev–Trinajstić information content (AvgIpc) is 2.84. The van der Waals surface area contributed by atoms with Crippen LogP contribution in [-0.4, -0.2) is 74.6 Å². The van der Waals surface area contributed by atoms with Crippen molar-refractivity contribution in [3.63, 3.8) is 0 Å². The predicted molar refractivity (Wildman–Crippen MR) is 130 cm³/mol. The maximum absolute atomic E-state index is 13.6. The molecule has 0 fully saturated rings. The second kappa shape index (κ2) is 10.8. The zero-order valence-corrected chi connectivity index (χ0v) is 21.2. The molecule has 1 aliphatic rings. The van der Waals surface area contributed by atoms with Crippen molar-refractivity contribution in [2.45, 2.75) is 44.2 Å². The number of fused-ring (bicyclic) bond motifs is 1. The van der Waals surface area contributed by atoms with Gasteiger partial charge in [-0.2, -0.15) is 4.31 Å². The lowest BCUT2D eigenvalue weighted by atomic mass is 10.0. The number of benzene rings is 2. The molecule has 186 valence electrons. The van der Waals surface area contributed by atoms with E-state index < -0.39 is 22.2 Å². The maximum atomic E-state index is 13.6. The van der Waals surface area contributed by atoms with Gasteiger partial charge in [-0.05, 0) is 30.7 Å². The summed E-state index contributed by atoms with van der Waals surface area (Å²) in [6.45, 7) is 5.55. The Morgan fingerprint density at radius 1 is 1.29 bits per heavy atom. The molecule has 1 aliphatic heterocycles. The second-order valence-electron chi connectivity index (χ2n) is 8.73. The average molecular weight is 491 g/mol. The van der Waals surface area contributed by atoms with E-state index in [2.05, 4.69) is 0 Å². The summed E-state index contributed by atoms with van der Waals surface area (Å²) in [5.74, 6) is 0.616. The third-order valence-electron chi connectivity index (χ3n) is 6.27. The monoisotopic (exact) mass is 490 g/mol. The number of sulfonamides is 1. The smallest absolute Gasteiger partial charge is 0.247 e. The number of amides is 1. The lowest BCUT2D eigenvalue weighted by molar-refractivity contribution is -0.131. The number of para-hydroxylation sites is 1. The largest absolute Gasteiger partial charge is 0.496 e. The fraction of sp³-hybridized carbons (Fsp3) is 0.480. The van der Waals surface area contributed by atoms with E-state index in [4.69, 9.17) is 9.47 Å².